The van der Waals surface area contributed by atoms with Crippen LogP contribution in [0.5, 0.6) is 0 Å². The van der Waals surface area contributed by atoms with Crippen molar-refractivity contribution in [3.8, 4) is 0 Å². The molecule has 136 valence electrons. The van der Waals surface area contributed by atoms with Gasteiger partial charge in [0, 0.05) is 38.6 Å². The van der Waals surface area contributed by atoms with Crippen LogP contribution in [0.25, 0.3) is 0 Å². The van der Waals surface area contributed by atoms with Gasteiger partial charge in [0.2, 0.25) is 15.9 Å². The molecule has 24 heavy (non-hydrogen) atoms. The Balaban J connectivity index is 1.92. The Morgan fingerprint density at radius 2 is 2.17 bits per heavy atom. The number of hydrogen-bond donors (Lipinski definition) is 2. The molecular formula is C15H27N5O3S. The van der Waals surface area contributed by atoms with Crippen molar-refractivity contribution in [3.63, 3.8) is 0 Å². The minimum atomic E-state index is -3.36. The molecular weight excluding hydrogens is 330 g/mol. The summed E-state index contributed by atoms with van der Waals surface area (Å²) in [7, 11) is -1.39. The van der Waals surface area contributed by atoms with E-state index in [2.05, 4.69) is 26.8 Å². The van der Waals surface area contributed by atoms with E-state index in [9.17, 15) is 13.2 Å². The van der Waals surface area contributed by atoms with E-state index < -0.39 is 10.0 Å². The van der Waals surface area contributed by atoms with Gasteiger partial charge in [-0.05, 0) is 12.3 Å². The normalized spacial score (nSPS) is 22.0. The third-order valence-electron chi connectivity index (χ3n) is 4.30. The molecule has 0 spiro atoms. The van der Waals surface area contributed by atoms with Crippen molar-refractivity contribution in [1.29, 1.82) is 0 Å². The van der Waals surface area contributed by atoms with Crippen LogP contribution >= 0.6 is 0 Å². The number of nitrogens with zero attached hydrogens (tertiary/aromatic N) is 3. The molecule has 2 N–H and O–H groups in total. The van der Waals surface area contributed by atoms with Gasteiger partial charge in [0.15, 0.2) is 0 Å². The van der Waals surface area contributed by atoms with E-state index in [4.69, 9.17) is 0 Å². The summed E-state index contributed by atoms with van der Waals surface area (Å²) in [5, 5.41) is 2.98. The second-order valence-corrected chi connectivity index (χ2v) is 8.30. The molecule has 1 saturated heterocycles. The largest absolute Gasteiger partial charge is 0.351 e. The fraction of sp³-hybridized carbons (Fsp3) is 0.733. The number of carbonyl (C=O) groups is 1. The van der Waals surface area contributed by atoms with E-state index in [-0.39, 0.29) is 18.5 Å². The molecule has 2 atom stereocenters. The number of imidazole rings is 1. The zero-order valence-electron chi connectivity index (χ0n) is 14.5. The van der Waals surface area contributed by atoms with Crippen LogP contribution in [0.2, 0.25) is 0 Å². The van der Waals surface area contributed by atoms with Crippen molar-refractivity contribution in [2.75, 3.05) is 25.9 Å². The van der Waals surface area contributed by atoms with Gasteiger partial charge in [0.05, 0.1) is 19.3 Å². The molecule has 9 heteroatoms. The third kappa shape index (κ3) is 5.57. The SMILES string of the molecule is CCC[C@@H]1CN(Cc2nccn2C)C[C@H]1NC(=O)CNS(C)(=O)=O. The van der Waals surface area contributed by atoms with Crippen molar-refractivity contribution in [2.24, 2.45) is 13.0 Å². The molecule has 0 aromatic carbocycles. The van der Waals surface area contributed by atoms with Crippen molar-refractivity contribution in [2.45, 2.75) is 32.4 Å². The van der Waals surface area contributed by atoms with Crippen LogP contribution in [0.15, 0.2) is 12.4 Å². The van der Waals surface area contributed by atoms with E-state index in [1.807, 2.05) is 17.8 Å². The van der Waals surface area contributed by atoms with Crippen molar-refractivity contribution in [1.82, 2.24) is 24.5 Å². The maximum absolute atomic E-state index is 12.0. The fourth-order valence-corrected chi connectivity index (χ4v) is 3.51. The molecule has 2 heterocycles. The summed E-state index contributed by atoms with van der Waals surface area (Å²) in [6.07, 6.45) is 6.83. The van der Waals surface area contributed by atoms with Gasteiger partial charge >= 0.3 is 0 Å². The molecule has 2 rings (SSSR count). The number of hydrogen-bond acceptors (Lipinski definition) is 5. The van der Waals surface area contributed by atoms with E-state index >= 15 is 0 Å². The van der Waals surface area contributed by atoms with Gasteiger partial charge in [-0.3, -0.25) is 9.69 Å². The monoisotopic (exact) mass is 357 g/mol. The van der Waals surface area contributed by atoms with Gasteiger partial charge in [-0.2, -0.15) is 0 Å². The van der Waals surface area contributed by atoms with Gasteiger partial charge in [-0.15, -0.1) is 0 Å². The Labute approximate surface area is 143 Å². The summed E-state index contributed by atoms with van der Waals surface area (Å²) in [4.78, 5) is 18.6. The lowest BCUT2D eigenvalue weighted by molar-refractivity contribution is -0.120. The first-order valence-electron chi connectivity index (χ1n) is 8.21. The predicted molar refractivity (Wildman–Crippen MR) is 91.7 cm³/mol. The maximum atomic E-state index is 12.0. The zero-order valence-corrected chi connectivity index (χ0v) is 15.3. The standard InChI is InChI=1S/C15H27N5O3S/c1-4-5-12-9-20(11-14-16-6-7-19(14)2)10-13(12)18-15(21)8-17-24(3,22)23/h6-7,12-13,17H,4-5,8-11H2,1-3H3,(H,18,21)/t12-,13-/m1/s1. The summed E-state index contributed by atoms with van der Waals surface area (Å²) >= 11 is 0. The van der Waals surface area contributed by atoms with Gasteiger partial charge in [0.1, 0.15) is 5.82 Å². The lowest BCUT2D eigenvalue weighted by Crippen LogP contribution is -2.45. The Hall–Kier alpha value is -1.45. The van der Waals surface area contributed by atoms with Gasteiger partial charge < -0.3 is 9.88 Å². The minimum absolute atomic E-state index is 0.0408. The highest BCUT2D eigenvalue weighted by Crippen LogP contribution is 2.23. The lowest BCUT2D eigenvalue weighted by atomic mass is 9.98. The van der Waals surface area contributed by atoms with Crippen LogP contribution in [-0.2, 0) is 28.4 Å². The highest BCUT2D eigenvalue weighted by Gasteiger charge is 2.33. The van der Waals surface area contributed by atoms with Crippen molar-refractivity contribution < 1.29 is 13.2 Å². The predicted octanol–water partition coefficient (Wildman–Crippen LogP) is -0.314. The van der Waals surface area contributed by atoms with Crippen molar-refractivity contribution >= 4 is 15.9 Å². The number of amides is 1. The molecule has 0 aliphatic carbocycles. The number of rotatable bonds is 8. The third-order valence-corrected chi connectivity index (χ3v) is 4.97. The first kappa shape index (κ1) is 18.9. The van der Waals surface area contributed by atoms with E-state index in [1.54, 1.807) is 6.20 Å². The van der Waals surface area contributed by atoms with Crippen molar-refractivity contribution in [3.05, 3.63) is 18.2 Å². The molecule has 1 amide bonds. The molecule has 0 unspecified atom stereocenters. The van der Waals surface area contributed by atoms with E-state index in [0.717, 1.165) is 44.6 Å². The lowest BCUT2D eigenvalue weighted by Gasteiger charge is -2.19. The van der Waals surface area contributed by atoms with Gasteiger partial charge in [-0.25, -0.2) is 18.1 Å². The first-order chi connectivity index (χ1) is 11.3. The molecule has 0 bridgehead atoms. The number of nitrogens with one attached hydrogen (secondary N) is 2. The van der Waals surface area contributed by atoms with E-state index in [1.165, 1.54) is 0 Å². The average molecular weight is 357 g/mol. The Morgan fingerprint density at radius 1 is 1.42 bits per heavy atom. The number of aryl methyl sites for hydroxylation is 1. The maximum Gasteiger partial charge on any atom is 0.235 e. The zero-order chi connectivity index (χ0) is 17.7. The quantitative estimate of drug-likeness (QED) is 0.665. The molecule has 0 radical (unpaired) electrons. The van der Waals surface area contributed by atoms with Crippen LogP contribution < -0.4 is 10.0 Å². The molecule has 1 fully saturated rings. The Morgan fingerprint density at radius 3 is 2.75 bits per heavy atom. The highest BCUT2D eigenvalue weighted by atomic mass is 32.2. The van der Waals surface area contributed by atoms with Crippen LogP contribution in [0.3, 0.4) is 0 Å². The topological polar surface area (TPSA) is 96.3 Å². The summed E-state index contributed by atoms with van der Waals surface area (Å²) in [6, 6.07) is 0.0408. The molecule has 0 saturated carbocycles. The highest BCUT2D eigenvalue weighted by molar-refractivity contribution is 7.88. The van der Waals surface area contributed by atoms with Crippen LogP contribution in [-0.4, -0.2) is 60.7 Å². The van der Waals surface area contributed by atoms with Crippen LogP contribution in [0, 0.1) is 5.92 Å². The average Bonchev–Trinajstić information content (AvgIpc) is 3.04. The van der Waals surface area contributed by atoms with Gasteiger partial charge in [0.25, 0.3) is 0 Å². The number of sulfonamides is 1. The molecule has 1 aromatic rings. The summed E-state index contributed by atoms with van der Waals surface area (Å²) in [5.41, 5.74) is 0. The Kier molecular flexibility index (Phi) is 6.36. The summed E-state index contributed by atoms with van der Waals surface area (Å²) in [5.74, 6) is 1.08. The van der Waals surface area contributed by atoms with Crippen LogP contribution in [0.4, 0.5) is 0 Å². The molecule has 1 aromatic heterocycles. The molecule has 8 nitrogen and oxygen atoms in total. The second-order valence-electron chi connectivity index (χ2n) is 6.46. The molecule has 1 aliphatic heterocycles. The minimum Gasteiger partial charge on any atom is -0.351 e. The van der Waals surface area contributed by atoms with E-state index in [0.29, 0.717) is 5.92 Å². The van der Waals surface area contributed by atoms with Crippen LogP contribution in [0.1, 0.15) is 25.6 Å². The molecule has 1 aliphatic rings. The second kappa shape index (κ2) is 8.09. The fourth-order valence-electron chi connectivity index (χ4n) is 3.12. The smallest absolute Gasteiger partial charge is 0.235 e. The Bertz CT molecular complexity index is 658. The number of aromatic nitrogens is 2. The summed E-state index contributed by atoms with van der Waals surface area (Å²) < 4.78 is 26.4. The summed E-state index contributed by atoms with van der Waals surface area (Å²) in [6.45, 7) is 4.32. The first-order valence-corrected chi connectivity index (χ1v) is 10.1. The number of likely N-dealkylation sites (tertiary alicyclic amines) is 1. The van der Waals surface area contributed by atoms with Gasteiger partial charge in [-0.1, -0.05) is 13.3 Å². The number of carbonyl (C=O) groups excluding carboxylic acids is 1.